The van der Waals surface area contributed by atoms with Gasteiger partial charge < -0.3 is 21.1 Å². The molecule has 21 heavy (non-hydrogen) atoms. The van der Waals surface area contributed by atoms with Gasteiger partial charge in [0.2, 0.25) is 5.91 Å². The topological polar surface area (TPSA) is 108 Å². The third-order valence-corrected chi connectivity index (χ3v) is 3.47. The van der Waals surface area contributed by atoms with Crippen molar-refractivity contribution in [1.29, 1.82) is 0 Å². The van der Waals surface area contributed by atoms with Gasteiger partial charge in [-0.3, -0.25) is 4.79 Å². The number of aromatic nitrogens is 1. The van der Waals surface area contributed by atoms with Gasteiger partial charge in [0, 0.05) is 17.1 Å². The number of para-hydroxylation sites is 1. The average Bonchev–Trinajstić information content (AvgIpc) is 2.87. The molecule has 2 rings (SSSR count). The number of carboxylic acids is 1. The van der Waals surface area contributed by atoms with Crippen LogP contribution in [0.25, 0.3) is 10.9 Å². The number of carboxylic acid groups (broad SMARTS) is 1. The first-order valence-corrected chi connectivity index (χ1v) is 6.86. The standard InChI is InChI=1S/C15H19N3O3/c1-2-12(15(20)21)18-14(19)11(16)7-9-8-17-13-6-4-3-5-10(9)13/h3-6,8,11-12,17H,2,7,16H2,1H3,(H,18,19)(H,20,21)/t11-,12?/m0/s1. The van der Waals surface area contributed by atoms with Gasteiger partial charge in [-0.05, 0) is 24.5 Å². The fraction of sp³-hybridized carbons (Fsp3) is 0.333. The Labute approximate surface area is 122 Å². The molecule has 1 unspecified atom stereocenters. The molecule has 0 aliphatic carbocycles. The minimum atomic E-state index is -1.05. The molecular formula is C15H19N3O3. The van der Waals surface area contributed by atoms with Crippen LogP contribution in [0.15, 0.2) is 30.5 Å². The zero-order chi connectivity index (χ0) is 15.4. The summed E-state index contributed by atoms with van der Waals surface area (Å²) in [6.07, 6.45) is 2.50. The Morgan fingerprint density at radius 1 is 1.38 bits per heavy atom. The minimum absolute atomic E-state index is 0.320. The van der Waals surface area contributed by atoms with Gasteiger partial charge in [-0.1, -0.05) is 25.1 Å². The summed E-state index contributed by atoms with van der Waals surface area (Å²) < 4.78 is 0. The van der Waals surface area contributed by atoms with Crippen molar-refractivity contribution in [3.63, 3.8) is 0 Å². The molecule has 1 heterocycles. The van der Waals surface area contributed by atoms with Gasteiger partial charge in [0.1, 0.15) is 6.04 Å². The summed E-state index contributed by atoms with van der Waals surface area (Å²) in [5.74, 6) is -1.50. The Morgan fingerprint density at radius 2 is 2.10 bits per heavy atom. The van der Waals surface area contributed by atoms with E-state index in [1.807, 2.05) is 30.5 Å². The van der Waals surface area contributed by atoms with E-state index in [1.54, 1.807) is 6.92 Å². The molecule has 0 fully saturated rings. The van der Waals surface area contributed by atoms with E-state index in [-0.39, 0.29) is 0 Å². The highest BCUT2D eigenvalue weighted by Crippen LogP contribution is 2.18. The quantitative estimate of drug-likeness (QED) is 0.636. The number of benzene rings is 1. The molecule has 5 N–H and O–H groups in total. The number of nitrogens with two attached hydrogens (primary N) is 1. The van der Waals surface area contributed by atoms with Crippen LogP contribution < -0.4 is 11.1 Å². The first-order chi connectivity index (χ1) is 10.0. The van der Waals surface area contributed by atoms with Crippen LogP contribution in [0, 0.1) is 0 Å². The van der Waals surface area contributed by atoms with Crippen molar-refractivity contribution in [2.24, 2.45) is 5.73 Å². The second-order valence-corrected chi connectivity index (χ2v) is 4.98. The van der Waals surface area contributed by atoms with Gasteiger partial charge in [-0.2, -0.15) is 0 Å². The molecule has 0 bridgehead atoms. The Kier molecular flexibility index (Phi) is 4.59. The van der Waals surface area contributed by atoms with E-state index in [1.165, 1.54) is 0 Å². The van der Waals surface area contributed by atoms with Gasteiger partial charge in [0.05, 0.1) is 6.04 Å². The molecule has 112 valence electrons. The first kappa shape index (κ1) is 15.1. The average molecular weight is 289 g/mol. The van der Waals surface area contributed by atoms with E-state index in [2.05, 4.69) is 10.3 Å². The van der Waals surface area contributed by atoms with Crippen LogP contribution >= 0.6 is 0 Å². The van der Waals surface area contributed by atoms with Gasteiger partial charge in [-0.25, -0.2) is 4.79 Å². The van der Waals surface area contributed by atoms with E-state index in [0.29, 0.717) is 12.8 Å². The molecule has 0 saturated heterocycles. The fourth-order valence-electron chi connectivity index (χ4n) is 2.25. The predicted molar refractivity (Wildman–Crippen MR) is 79.8 cm³/mol. The number of carbonyl (C=O) groups is 2. The summed E-state index contributed by atoms with van der Waals surface area (Å²) in [4.78, 5) is 26.0. The Hall–Kier alpha value is -2.34. The molecule has 6 heteroatoms. The van der Waals surface area contributed by atoms with E-state index in [0.717, 1.165) is 16.5 Å². The lowest BCUT2D eigenvalue weighted by atomic mass is 10.0. The maximum Gasteiger partial charge on any atom is 0.326 e. The lowest BCUT2D eigenvalue weighted by Crippen LogP contribution is -2.48. The van der Waals surface area contributed by atoms with E-state index in [9.17, 15) is 9.59 Å². The smallest absolute Gasteiger partial charge is 0.326 e. The summed E-state index contributed by atoms with van der Waals surface area (Å²) in [5, 5.41) is 12.4. The number of hydrogen-bond acceptors (Lipinski definition) is 3. The lowest BCUT2D eigenvalue weighted by molar-refractivity contribution is -0.142. The minimum Gasteiger partial charge on any atom is -0.480 e. The molecule has 1 amide bonds. The Balaban J connectivity index is 2.05. The van der Waals surface area contributed by atoms with Gasteiger partial charge in [-0.15, -0.1) is 0 Å². The predicted octanol–water partition coefficient (Wildman–Crippen LogP) is 1.02. The summed E-state index contributed by atoms with van der Waals surface area (Å²) in [5.41, 5.74) is 7.81. The maximum absolute atomic E-state index is 12.0. The molecule has 0 radical (unpaired) electrons. The van der Waals surface area contributed by atoms with Crippen LogP contribution in [0.1, 0.15) is 18.9 Å². The van der Waals surface area contributed by atoms with Crippen LogP contribution in [-0.2, 0) is 16.0 Å². The van der Waals surface area contributed by atoms with E-state index in [4.69, 9.17) is 10.8 Å². The fourth-order valence-corrected chi connectivity index (χ4v) is 2.25. The monoisotopic (exact) mass is 289 g/mol. The zero-order valence-electron chi connectivity index (χ0n) is 11.8. The summed E-state index contributed by atoms with van der Waals surface area (Å²) in [6, 6.07) is 6.07. The molecule has 0 aliphatic heterocycles. The molecule has 0 saturated carbocycles. The number of aliphatic carboxylic acids is 1. The number of H-pyrrole nitrogens is 1. The van der Waals surface area contributed by atoms with E-state index >= 15 is 0 Å². The number of hydrogen-bond donors (Lipinski definition) is 4. The summed E-state index contributed by atoms with van der Waals surface area (Å²) in [7, 11) is 0. The molecule has 2 atom stereocenters. The highest BCUT2D eigenvalue weighted by atomic mass is 16.4. The number of rotatable bonds is 6. The molecular weight excluding hydrogens is 270 g/mol. The van der Waals surface area contributed by atoms with Crippen molar-refractivity contribution in [2.45, 2.75) is 31.8 Å². The third kappa shape index (κ3) is 3.41. The van der Waals surface area contributed by atoms with Crippen LogP contribution in [0.2, 0.25) is 0 Å². The van der Waals surface area contributed by atoms with Crippen molar-refractivity contribution in [3.05, 3.63) is 36.0 Å². The molecule has 2 aromatic rings. The Bertz CT molecular complexity index is 650. The number of carbonyl (C=O) groups excluding carboxylic acids is 1. The van der Waals surface area contributed by atoms with Crippen LogP contribution in [-0.4, -0.2) is 34.1 Å². The van der Waals surface area contributed by atoms with Gasteiger partial charge in [0.25, 0.3) is 0 Å². The van der Waals surface area contributed by atoms with Crippen molar-refractivity contribution in [3.8, 4) is 0 Å². The van der Waals surface area contributed by atoms with Crippen molar-refractivity contribution < 1.29 is 14.7 Å². The normalized spacial score (nSPS) is 13.8. The molecule has 1 aromatic heterocycles. The lowest BCUT2D eigenvalue weighted by Gasteiger charge is -2.16. The number of fused-ring (bicyclic) bond motifs is 1. The second-order valence-electron chi connectivity index (χ2n) is 4.98. The van der Waals surface area contributed by atoms with Crippen LogP contribution in [0.5, 0.6) is 0 Å². The van der Waals surface area contributed by atoms with E-state index < -0.39 is 24.0 Å². The summed E-state index contributed by atoms with van der Waals surface area (Å²) >= 11 is 0. The third-order valence-electron chi connectivity index (χ3n) is 3.47. The van der Waals surface area contributed by atoms with Crippen molar-refractivity contribution in [1.82, 2.24) is 10.3 Å². The van der Waals surface area contributed by atoms with Crippen molar-refractivity contribution in [2.75, 3.05) is 0 Å². The van der Waals surface area contributed by atoms with Gasteiger partial charge in [0.15, 0.2) is 0 Å². The molecule has 0 spiro atoms. The SMILES string of the molecule is CCC(NC(=O)[C@@H](N)Cc1c[nH]c2ccccc12)C(=O)O. The molecule has 0 aliphatic rings. The highest BCUT2D eigenvalue weighted by Gasteiger charge is 2.22. The molecule has 1 aromatic carbocycles. The molecule has 6 nitrogen and oxygen atoms in total. The Morgan fingerprint density at radius 3 is 2.76 bits per heavy atom. The van der Waals surface area contributed by atoms with Crippen molar-refractivity contribution >= 4 is 22.8 Å². The maximum atomic E-state index is 12.0. The highest BCUT2D eigenvalue weighted by molar-refractivity contribution is 5.88. The second kappa shape index (κ2) is 6.41. The first-order valence-electron chi connectivity index (χ1n) is 6.86. The van der Waals surface area contributed by atoms with Crippen LogP contribution in [0.3, 0.4) is 0 Å². The number of aromatic amines is 1. The number of nitrogens with one attached hydrogen (secondary N) is 2. The number of amides is 1. The van der Waals surface area contributed by atoms with Crippen LogP contribution in [0.4, 0.5) is 0 Å². The summed E-state index contributed by atoms with van der Waals surface area (Å²) in [6.45, 7) is 1.70. The largest absolute Gasteiger partial charge is 0.480 e. The zero-order valence-corrected chi connectivity index (χ0v) is 11.8. The van der Waals surface area contributed by atoms with Gasteiger partial charge >= 0.3 is 5.97 Å².